The molecule has 10 heteroatoms. The van der Waals surface area contributed by atoms with Crippen LogP contribution < -0.4 is 10.2 Å². The molecule has 0 spiro atoms. The number of aromatic nitrogens is 2. The van der Waals surface area contributed by atoms with Crippen molar-refractivity contribution >= 4 is 17.4 Å². The van der Waals surface area contributed by atoms with Gasteiger partial charge in [0.25, 0.3) is 0 Å². The first-order valence-corrected chi connectivity index (χ1v) is 17.1. The molecule has 0 saturated carbocycles. The first-order chi connectivity index (χ1) is 23.2. The van der Waals surface area contributed by atoms with Gasteiger partial charge in [-0.05, 0) is 81.0 Å². The third kappa shape index (κ3) is 7.00. The first kappa shape index (κ1) is 32.4. The van der Waals surface area contributed by atoms with E-state index in [2.05, 4.69) is 56.9 Å². The Morgan fingerprint density at radius 2 is 1.58 bits per heavy atom. The van der Waals surface area contributed by atoms with Crippen LogP contribution in [0.15, 0.2) is 84.9 Å². The van der Waals surface area contributed by atoms with Crippen molar-refractivity contribution in [2.24, 2.45) is 0 Å². The molecule has 7 rings (SSSR count). The average Bonchev–Trinajstić information content (AvgIpc) is 3.52. The number of hydrogen-bond acceptors (Lipinski definition) is 4. The van der Waals surface area contributed by atoms with Gasteiger partial charge in [0.05, 0.1) is 11.3 Å². The highest BCUT2D eigenvalue weighted by atomic mass is 19.4. The van der Waals surface area contributed by atoms with E-state index in [0.29, 0.717) is 30.4 Å². The molecule has 2 amide bonds. The van der Waals surface area contributed by atoms with E-state index in [0.717, 1.165) is 75.5 Å². The fourth-order valence-corrected chi connectivity index (χ4v) is 8.18. The number of fused-ring (bicyclic) bond motifs is 3. The second-order valence-electron chi connectivity index (χ2n) is 13.5. The highest BCUT2D eigenvalue weighted by Gasteiger charge is 2.42. The van der Waals surface area contributed by atoms with Gasteiger partial charge in [0.1, 0.15) is 5.82 Å². The fourth-order valence-electron chi connectivity index (χ4n) is 8.18. The number of carbonyl (C=O) groups is 1. The maximum atomic E-state index is 13.4. The molecule has 2 unspecified atom stereocenters. The van der Waals surface area contributed by atoms with Crippen LogP contribution in [0.1, 0.15) is 66.5 Å². The predicted molar refractivity (Wildman–Crippen MR) is 182 cm³/mol. The van der Waals surface area contributed by atoms with Crippen LogP contribution >= 0.6 is 0 Å². The minimum atomic E-state index is -4.42. The number of alkyl halides is 3. The predicted octanol–water partition coefficient (Wildman–Crippen LogP) is 8.07. The summed E-state index contributed by atoms with van der Waals surface area (Å²) in [6, 6.07) is 25.8. The van der Waals surface area contributed by atoms with E-state index >= 15 is 0 Å². The van der Waals surface area contributed by atoms with Crippen LogP contribution in [0, 0.1) is 6.92 Å². The van der Waals surface area contributed by atoms with Crippen LogP contribution in [0.25, 0.3) is 0 Å². The van der Waals surface area contributed by atoms with Crippen molar-refractivity contribution in [2.75, 3.05) is 29.9 Å². The average molecular weight is 657 g/mol. The van der Waals surface area contributed by atoms with Crippen molar-refractivity contribution in [2.45, 2.75) is 82.8 Å². The van der Waals surface area contributed by atoms with Gasteiger partial charge in [-0.3, -0.25) is 14.7 Å². The monoisotopic (exact) mass is 656 g/mol. The highest BCUT2D eigenvalue weighted by molar-refractivity contribution is 6.01. The third-order valence-electron chi connectivity index (χ3n) is 10.4. The largest absolute Gasteiger partial charge is 0.416 e. The molecule has 3 aliphatic rings. The number of aryl methyl sites for hydroxylation is 1. The second kappa shape index (κ2) is 13.8. The molecule has 2 saturated heterocycles. The molecule has 0 radical (unpaired) electrons. The summed E-state index contributed by atoms with van der Waals surface area (Å²) in [4.78, 5) is 25.4. The number of benzene rings is 3. The Morgan fingerprint density at radius 3 is 2.25 bits per heavy atom. The first-order valence-electron chi connectivity index (χ1n) is 17.1. The molecule has 2 fully saturated rings. The van der Waals surface area contributed by atoms with Crippen molar-refractivity contribution in [1.82, 2.24) is 19.4 Å². The van der Waals surface area contributed by atoms with Crippen molar-refractivity contribution in [1.29, 1.82) is 0 Å². The lowest BCUT2D eigenvalue weighted by atomic mass is 9.95. The Hall–Kier alpha value is -4.15. The molecule has 48 heavy (non-hydrogen) atoms. The Bertz CT molecular complexity index is 1680. The quantitative estimate of drug-likeness (QED) is 0.198. The Balaban J connectivity index is 0.971. The van der Waals surface area contributed by atoms with Crippen molar-refractivity contribution in [3.63, 3.8) is 0 Å². The molecule has 2 bridgehead atoms. The molecule has 7 nitrogen and oxygen atoms in total. The van der Waals surface area contributed by atoms with Gasteiger partial charge >= 0.3 is 12.2 Å². The van der Waals surface area contributed by atoms with Crippen LogP contribution in [0.3, 0.4) is 0 Å². The Kier molecular flexibility index (Phi) is 9.29. The van der Waals surface area contributed by atoms with Gasteiger partial charge in [-0.2, -0.15) is 13.2 Å². The number of urea groups is 1. The number of nitrogens with zero attached hydrogens (tertiary/aromatic N) is 5. The molecule has 4 aromatic rings. The topological polar surface area (TPSA) is 56.6 Å². The van der Waals surface area contributed by atoms with Gasteiger partial charge in [0.15, 0.2) is 0 Å². The number of piperidine rings is 1. The molecule has 252 valence electrons. The molecular weight excluding hydrogens is 613 g/mol. The second-order valence-corrected chi connectivity index (χ2v) is 13.5. The summed E-state index contributed by atoms with van der Waals surface area (Å²) in [5, 5.41) is 2.80. The lowest BCUT2D eigenvalue weighted by Crippen LogP contribution is -2.45. The van der Waals surface area contributed by atoms with Gasteiger partial charge < -0.3 is 9.88 Å². The van der Waals surface area contributed by atoms with Crippen molar-refractivity contribution < 1.29 is 18.0 Å². The summed E-state index contributed by atoms with van der Waals surface area (Å²) in [5.74, 6) is 1.14. The minimum absolute atomic E-state index is 0.329. The number of para-hydroxylation sites is 1. The third-order valence-corrected chi connectivity index (χ3v) is 10.4. The molecule has 1 aromatic heterocycles. The summed E-state index contributed by atoms with van der Waals surface area (Å²) >= 11 is 0. The number of rotatable bonds is 9. The summed E-state index contributed by atoms with van der Waals surface area (Å²) in [6.07, 6.45) is 2.02. The Labute approximate surface area is 280 Å². The van der Waals surface area contributed by atoms with Crippen LogP contribution in [0.4, 0.5) is 29.3 Å². The van der Waals surface area contributed by atoms with Gasteiger partial charge in [-0.1, -0.05) is 48.5 Å². The smallest absolute Gasteiger partial charge is 0.329 e. The maximum absolute atomic E-state index is 13.4. The van der Waals surface area contributed by atoms with Gasteiger partial charge in [-0.25, -0.2) is 9.78 Å². The van der Waals surface area contributed by atoms with Crippen molar-refractivity contribution in [3.8, 4) is 0 Å². The Morgan fingerprint density at radius 1 is 0.917 bits per heavy atom. The number of nitrogens with one attached hydrogen (secondary N) is 1. The van der Waals surface area contributed by atoms with E-state index in [1.807, 2.05) is 30.3 Å². The van der Waals surface area contributed by atoms with Gasteiger partial charge in [0, 0.05) is 74.3 Å². The highest BCUT2D eigenvalue weighted by Crippen LogP contribution is 2.42. The van der Waals surface area contributed by atoms with Crippen LogP contribution in [-0.4, -0.2) is 57.1 Å². The fraction of sp³-hybridized carbons (Fsp3) is 0.421. The molecule has 0 aliphatic carbocycles. The lowest BCUT2D eigenvalue weighted by Gasteiger charge is -2.41. The summed E-state index contributed by atoms with van der Waals surface area (Å²) in [7, 11) is 0. The van der Waals surface area contributed by atoms with E-state index in [1.165, 1.54) is 41.9 Å². The number of carbonyl (C=O) groups excluding carboxylic acids is 1. The lowest BCUT2D eigenvalue weighted by molar-refractivity contribution is -0.137. The zero-order valence-corrected chi connectivity index (χ0v) is 27.4. The number of amides is 2. The van der Waals surface area contributed by atoms with Gasteiger partial charge in [-0.15, -0.1) is 0 Å². The van der Waals surface area contributed by atoms with E-state index in [4.69, 9.17) is 4.98 Å². The number of hydrogen-bond donors (Lipinski definition) is 1. The number of imidazole rings is 1. The van der Waals surface area contributed by atoms with E-state index < -0.39 is 11.7 Å². The molecule has 3 aromatic carbocycles. The standard InChI is InChI=1S/C38H43F3N6O/c1-27-42-35-26-44(25-28-9-4-2-5-10-28)22-19-36(35)47(27)34-23-32-17-18-33(24-34)45(32)20-8-21-46(31-11-6-3-7-12-31)37(48)43-30-15-13-29(14-16-30)38(39,40)41/h2-7,9-16,32-34H,8,17-26H2,1H3,(H,43,48). The van der Waals surface area contributed by atoms with E-state index in [9.17, 15) is 18.0 Å². The van der Waals surface area contributed by atoms with Crippen LogP contribution in [-0.2, 0) is 25.7 Å². The molecule has 4 heterocycles. The molecule has 3 aliphatic heterocycles. The number of anilines is 2. The number of halogens is 3. The normalized spacial score (nSPS) is 21.2. The maximum Gasteiger partial charge on any atom is 0.416 e. The van der Waals surface area contributed by atoms with E-state index in [1.54, 1.807) is 4.90 Å². The zero-order chi connectivity index (χ0) is 33.3. The molecule has 1 N–H and O–H groups in total. The zero-order valence-electron chi connectivity index (χ0n) is 27.4. The molecule has 2 atom stereocenters. The van der Waals surface area contributed by atoms with Crippen LogP contribution in [0.2, 0.25) is 0 Å². The SMILES string of the molecule is Cc1nc2c(n1C1CC3CCC(C1)N3CCCN(C(=O)Nc1ccc(C(F)(F)F)cc1)c1ccccc1)CCN(Cc1ccccc1)C2. The van der Waals surface area contributed by atoms with Gasteiger partial charge in [0.2, 0.25) is 0 Å². The summed E-state index contributed by atoms with van der Waals surface area (Å²) < 4.78 is 41.7. The van der Waals surface area contributed by atoms with Crippen LogP contribution in [0.5, 0.6) is 0 Å². The minimum Gasteiger partial charge on any atom is -0.329 e. The van der Waals surface area contributed by atoms with E-state index in [-0.39, 0.29) is 6.03 Å². The van der Waals surface area contributed by atoms with Crippen molar-refractivity contribution in [3.05, 3.63) is 113 Å². The molecular formula is C38H43F3N6O. The summed E-state index contributed by atoms with van der Waals surface area (Å²) in [5.41, 5.74) is 4.34. The summed E-state index contributed by atoms with van der Waals surface area (Å²) in [6.45, 7) is 6.46.